The standard InChI is InChI=1S/C27H27NO3S/c1-31-22-14-16-23(17-15-22)32(29,30)28-18-8-13-24-26(28)19-25(20-9-4-2-5-10-20)27(24)21-11-6-3-7-12-21/h2-7,9-12,14-17,19,24,26-27H,8,13,18H2,1H3/t24-,26-,27+/m0/s1. The summed E-state index contributed by atoms with van der Waals surface area (Å²) in [6, 6.07) is 27.4. The molecule has 5 heteroatoms. The van der Waals surface area contributed by atoms with E-state index in [2.05, 4.69) is 42.5 Å². The minimum Gasteiger partial charge on any atom is -0.497 e. The molecular formula is C27H27NO3S. The molecule has 0 bridgehead atoms. The molecular weight excluding hydrogens is 418 g/mol. The lowest BCUT2D eigenvalue weighted by atomic mass is 9.78. The largest absolute Gasteiger partial charge is 0.497 e. The van der Waals surface area contributed by atoms with E-state index in [1.165, 1.54) is 11.1 Å². The van der Waals surface area contributed by atoms with Gasteiger partial charge in [0.25, 0.3) is 0 Å². The Morgan fingerprint density at radius 3 is 2.19 bits per heavy atom. The van der Waals surface area contributed by atoms with Gasteiger partial charge in [0, 0.05) is 18.5 Å². The summed E-state index contributed by atoms with van der Waals surface area (Å²) in [5, 5.41) is 0. The fourth-order valence-electron chi connectivity index (χ4n) is 5.26. The molecule has 0 radical (unpaired) electrons. The van der Waals surface area contributed by atoms with Crippen molar-refractivity contribution in [1.82, 2.24) is 4.31 Å². The summed E-state index contributed by atoms with van der Waals surface area (Å²) in [6.45, 7) is 0.537. The molecule has 0 N–H and O–H groups in total. The van der Waals surface area contributed by atoms with E-state index >= 15 is 0 Å². The second-order valence-corrected chi connectivity index (χ2v) is 10.4. The molecule has 1 saturated heterocycles. The average Bonchev–Trinajstić information content (AvgIpc) is 3.25. The van der Waals surface area contributed by atoms with Crippen molar-refractivity contribution in [3.63, 3.8) is 0 Å². The van der Waals surface area contributed by atoms with Gasteiger partial charge in [-0.25, -0.2) is 8.42 Å². The number of hydrogen-bond acceptors (Lipinski definition) is 3. The zero-order chi connectivity index (χ0) is 22.1. The fourth-order valence-corrected chi connectivity index (χ4v) is 6.92. The highest BCUT2D eigenvalue weighted by Gasteiger charge is 2.46. The predicted octanol–water partition coefficient (Wildman–Crippen LogP) is 5.35. The van der Waals surface area contributed by atoms with Gasteiger partial charge in [-0.15, -0.1) is 0 Å². The average molecular weight is 446 g/mol. The van der Waals surface area contributed by atoms with E-state index in [0.717, 1.165) is 18.4 Å². The number of benzene rings is 3. The molecule has 32 heavy (non-hydrogen) atoms. The number of piperidine rings is 1. The minimum absolute atomic E-state index is 0.156. The van der Waals surface area contributed by atoms with Gasteiger partial charge in [-0.3, -0.25) is 0 Å². The molecule has 0 aromatic heterocycles. The summed E-state index contributed by atoms with van der Waals surface area (Å²) in [4.78, 5) is 0.316. The van der Waals surface area contributed by atoms with E-state index in [1.54, 1.807) is 35.7 Å². The topological polar surface area (TPSA) is 46.6 Å². The maximum absolute atomic E-state index is 13.7. The zero-order valence-corrected chi connectivity index (χ0v) is 18.9. The number of nitrogens with zero attached hydrogens (tertiary/aromatic N) is 1. The Labute approximate surface area is 190 Å². The van der Waals surface area contributed by atoms with Crippen molar-refractivity contribution in [2.75, 3.05) is 13.7 Å². The highest BCUT2D eigenvalue weighted by molar-refractivity contribution is 7.89. The molecule has 0 spiro atoms. The summed E-state index contributed by atoms with van der Waals surface area (Å²) in [7, 11) is -2.04. The first-order chi connectivity index (χ1) is 15.6. The van der Waals surface area contributed by atoms with Crippen molar-refractivity contribution < 1.29 is 13.2 Å². The summed E-state index contributed by atoms with van der Waals surface area (Å²) in [5.41, 5.74) is 3.64. The first kappa shape index (κ1) is 21.0. The molecule has 3 aromatic rings. The first-order valence-corrected chi connectivity index (χ1v) is 12.5. The van der Waals surface area contributed by atoms with Gasteiger partial charge in [-0.1, -0.05) is 66.7 Å². The van der Waals surface area contributed by atoms with Crippen LogP contribution in [0.2, 0.25) is 0 Å². The van der Waals surface area contributed by atoms with Crippen molar-refractivity contribution >= 4 is 15.6 Å². The maximum Gasteiger partial charge on any atom is 0.243 e. The highest BCUT2D eigenvalue weighted by atomic mass is 32.2. The maximum atomic E-state index is 13.7. The molecule has 3 aromatic carbocycles. The molecule has 1 aliphatic carbocycles. The first-order valence-electron chi connectivity index (χ1n) is 11.1. The van der Waals surface area contributed by atoms with Gasteiger partial charge in [0.1, 0.15) is 5.75 Å². The van der Waals surface area contributed by atoms with Gasteiger partial charge < -0.3 is 4.74 Å². The van der Waals surface area contributed by atoms with Crippen LogP contribution < -0.4 is 4.74 Å². The molecule has 1 fully saturated rings. The van der Waals surface area contributed by atoms with Crippen molar-refractivity contribution in [2.45, 2.75) is 29.7 Å². The molecule has 2 aliphatic rings. The van der Waals surface area contributed by atoms with Crippen LogP contribution in [0.4, 0.5) is 0 Å². The third-order valence-electron chi connectivity index (χ3n) is 6.73. The molecule has 1 heterocycles. The Hall–Kier alpha value is -2.89. The number of rotatable bonds is 5. The molecule has 3 atom stereocenters. The van der Waals surface area contributed by atoms with Crippen LogP contribution in [0.25, 0.3) is 5.57 Å². The predicted molar refractivity (Wildman–Crippen MR) is 127 cm³/mol. The molecule has 4 nitrogen and oxygen atoms in total. The van der Waals surface area contributed by atoms with Gasteiger partial charge in [0.05, 0.1) is 12.0 Å². The summed E-state index contributed by atoms with van der Waals surface area (Å²) >= 11 is 0. The van der Waals surface area contributed by atoms with Crippen molar-refractivity contribution in [3.8, 4) is 5.75 Å². The van der Waals surface area contributed by atoms with Gasteiger partial charge in [-0.2, -0.15) is 4.31 Å². The molecule has 5 rings (SSSR count). The van der Waals surface area contributed by atoms with Crippen molar-refractivity contribution in [1.29, 1.82) is 0 Å². The van der Waals surface area contributed by atoms with Crippen LogP contribution in [0.15, 0.2) is 95.9 Å². The monoisotopic (exact) mass is 445 g/mol. The Morgan fingerprint density at radius 1 is 0.875 bits per heavy atom. The second-order valence-electron chi connectivity index (χ2n) is 8.46. The molecule has 1 aliphatic heterocycles. The van der Waals surface area contributed by atoms with Crippen LogP contribution in [0.1, 0.15) is 29.9 Å². The van der Waals surface area contributed by atoms with E-state index in [4.69, 9.17) is 4.74 Å². The Bertz CT molecular complexity index is 1200. The number of methoxy groups -OCH3 is 1. The van der Waals surface area contributed by atoms with Crippen LogP contribution in [0.3, 0.4) is 0 Å². The lowest BCUT2D eigenvalue weighted by Gasteiger charge is -2.38. The van der Waals surface area contributed by atoms with E-state index < -0.39 is 10.0 Å². The normalized spacial score (nSPS) is 23.4. The highest BCUT2D eigenvalue weighted by Crippen LogP contribution is 2.51. The number of ether oxygens (including phenoxy) is 1. The van der Waals surface area contributed by atoms with Crippen molar-refractivity contribution in [2.24, 2.45) is 5.92 Å². The van der Waals surface area contributed by atoms with Gasteiger partial charge in [0.15, 0.2) is 0 Å². The van der Waals surface area contributed by atoms with Crippen LogP contribution >= 0.6 is 0 Å². The lowest BCUT2D eigenvalue weighted by molar-refractivity contribution is 0.212. The SMILES string of the molecule is COc1ccc(S(=O)(=O)N2CCC[C@@H]3[C@@H](c4ccccc4)C(c4ccccc4)=C[C@@H]32)cc1. The third kappa shape index (κ3) is 3.65. The summed E-state index contributed by atoms with van der Waals surface area (Å²) < 4.78 is 34.3. The second kappa shape index (κ2) is 8.57. The van der Waals surface area contributed by atoms with Crippen LogP contribution in [-0.2, 0) is 10.0 Å². The Kier molecular flexibility index (Phi) is 5.62. The smallest absolute Gasteiger partial charge is 0.243 e. The van der Waals surface area contributed by atoms with Gasteiger partial charge >= 0.3 is 0 Å². The van der Waals surface area contributed by atoms with E-state index in [-0.39, 0.29) is 17.9 Å². The Balaban J connectivity index is 1.58. The summed E-state index contributed by atoms with van der Waals surface area (Å²) in [5.74, 6) is 1.04. The van der Waals surface area contributed by atoms with Gasteiger partial charge in [0.2, 0.25) is 10.0 Å². The molecule has 0 saturated carbocycles. The van der Waals surface area contributed by atoms with E-state index in [1.807, 2.05) is 24.3 Å². The fraction of sp³-hybridized carbons (Fsp3) is 0.259. The number of allylic oxidation sites excluding steroid dienone is 1. The quantitative estimate of drug-likeness (QED) is 0.532. The minimum atomic E-state index is -3.62. The number of hydrogen-bond donors (Lipinski definition) is 0. The Morgan fingerprint density at radius 2 is 1.53 bits per heavy atom. The third-order valence-corrected chi connectivity index (χ3v) is 8.64. The zero-order valence-electron chi connectivity index (χ0n) is 18.1. The van der Waals surface area contributed by atoms with Crippen LogP contribution in [-0.4, -0.2) is 32.4 Å². The van der Waals surface area contributed by atoms with Crippen LogP contribution in [0.5, 0.6) is 5.75 Å². The van der Waals surface area contributed by atoms with Gasteiger partial charge in [-0.05, 0) is 59.7 Å². The molecule has 0 amide bonds. The number of sulfonamides is 1. The van der Waals surface area contributed by atoms with E-state index in [9.17, 15) is 8.42 Å². The molecule has 164 valence electrons. The van der Waals surface area contributed by atoms with Crippen molar-refractivity contribution in [3.05, 3.63) is 102 Å². The summed E-state index contributed by atoms with van der Waals surface area (Å²) in [6.07, 6.45) is 4.07. The molecule has 0 unspecified atom stereocenters. The van der Waals surface area contributed by atoms with Crippen LogP contribution in [0, 0.1) is 5.92 Å². The number of fused-ring (bicyclic) bond motifs is 1. The van der Waals surface area contributed by atoms with E-state index in [0.29, 0.717) is 17.2 Å². The lowest BCUT2D eigenvalue weighted by Crippen LogP contribution is -2.46.